The second-order valence-corrected chi connectivity index (χ2v) is 9.76. The summed E-state index contributed by atoms with van der Waals surface area (Å²) in [4.78, 5) is 0. The van der Waals surface area contributed by atoms with Crippen molar-refractivity contribution in [2.24, 2.45) is 0 Å². The van der Waals surface area contributed by atoms with Crippen LogP contribution in [0.2, 0.25) is 19.6 Å². The van der Waals surface area contributed by atoms with Gasteiger partial charge in [-0.15, -0.1) is 6.58 Å². The number of rotatable bonds is 7. The molecule has 80 valence electrons. The maximum absolute atomic E-state index is 3.70. The fourth-order valence-electron chi connectivity index (χ4n) is 1.09. The topological polar surface area (TPSA) is 0 Å². The van der Waals surface area contributed by atoms with E-state index in [0.29, 0.717) is 0 Å². The summed E-state index contributed by atoms with van der Waals surface area (Å²) in [6.45, 7) is 10.8. The molecular weight excluding hydrogens is 184 g/mol. The quantitative estimate of drug-likeness (QED) is 0.322. The van der Waals surface area contributed by atoms with E-state index in [9.17, 15) is 0 Å². The van der Waals surface area contributed by atoms with E-state index in [0.717, 1.165) is 12.8 Å². The molecule has 0 amide bonds. The third-order valence-electron chi connectivity index (χ3n) is 1.84. The lowest BCUT2D eigenvalue weighted by atomic mass is 10.2. The lowest BCUT2D eigenvalue weighted by molar-refractivity contribution is 0.867. The average Bonchev–Trinajstić information content (AvgIpc) is 2.08. The third-order valence-corrected chi connectivity index (χ3v) is 3.07. The summed E-state index contributed by atoms with van der Waals surface area (Å²) < 4.78 is 0. The molecule has 0 spiro atoms. The van der Waals surface area contributed by atoms with Gasteiger partial charge >= 0.3 is 0 Å². The molecule has 0 saturated carbocycles. The van der Waals surface area contributed by atoms with Gasteiger partial charge in [0.05, 0.1) is 8.07 Å². The first kappa shape index (κ1) is 13.4. The second kappa shape index (κ2) is 7.81. The van der Waals surface area contributed by atoms with Gasteiger partial charge in [0.1, 0.15) is 0 Å². The van der Waals surface area contributed by atoms with E-state index in [1.165, 1.54) is 12.8 Å². The minimum absolute atomic E-state index is 0.966. The first-order chi connectivity index (χ1) is 6.56. The van der Waals surface area contributed by atoms with Gasteiger partial charge in [-0.3, -0.25) is 0 Å². The van der Waals surface area contributed by atoms with Crippen molar-refractivity contribution in [2.45, 2.75) is 45.3 Å². The van der Waals surface area contributed by atoms with Crippen molar-refractivity contribution in [1.29, 1.82) is 0 Å². The molecule has 0 aromatic rings. The van der Waals surface area contributed by atoms with E-state index in [4.69, 9.17) is 0 Å². The van der Waals surface area contributed by atoms with Crippen LogP contribution < -0.4 is 0 Å². The lowest BCUT2D eigenvalue weighted by Gasteiger charge is -2.07. The van der Waals surface area contributed by atoms with Gasteiger partial charge in [-0.05, 0) is 25.7 Å². The van der Waals surface area contributed by atoms with E-state index in [-0.39, 0.29) is 0 Å². The van der Waals surface area contributed by atoms with Gasteiger partial charge in [0.15, 0.2) is 0 Å². The Morgan fingerprint density at radius 3 is 2.29 bits per heavy atom. The molecule has 0 fully saturated rings. The van der Waals surface area contributed by atoms with Crippen LogP contribution in [0.1, 0.15) is 25.7 Å². The van der Waals surface area contributed by atoms with Crippen LogP contribution in [0.25, 0.3) is 0 Å². The highest BCUT2D eigenvalue weighted by molar-refractivity contribution is 6.80. The zero-order chi connectivity index (χ0) is 10.9. The molecule has 0 aliphatic rings. The van der Waals surface area contributed by atoms with Gasteiger partial charge in [0.2, 0.25) is 0 Å². The molecule has 0 bridgehead atoms. The van der Waals surface area contributed by atoms with Crippen LogP contribution in [0.3, 0.4) is 0 Å². The van der Waals surface area contributed by atoms with Crippen molar-refractivity contribution in [3.63, 3.8) is 0 Å². The van der Waals surface area contributed by atoms with Gasteiger partial charge in [0, 0.05) is 0 Å². The fourth-order valence-corrected chi connectivity index (χ4v) is 1.94. The Labute approximate surface area is 90.4 Å². The molecule has 0 nitrogen and oxygen atoms in total. The summed E-state index contributed by atoms with van der Waals surface area (Å²) in [5, 5.41) is 0. The van der Waals surface area contributed by atoms with Gasteiger partial charge in [-0.25, -0.2) is 0 Å². The number of unbranched alkanes of at least 4 members (excludes halogenated alkanes) is 2. The van der Waals surface area contributed by atoms with Crippen LogP contribution in [-0.2, 0) is 0 Å². The third kappa shape index (κ3) is 11.4. The van der Waals surface area contributed by atoms with Crippen LogP contribution in [0, 0.1) is 0 Å². The Morgan fingerprint density at radius 2 is 1.71 bits per heavy atom. The second-order valence-electron chi connectivity index (χ2n) is 4.70. The van der Waals surface area contributed by atoms with Crippen molar-refractivity contribution in [3.05, 3.63) is 36.6 Å². The van der Waals surface area contributed by atoms with Gasteiger partial charge in [-0.1, -0.05) is 49.6 Å². The van der Waals surface area contributed by atoms with Crippen molar-refractivity contribution in [2.75, 3.05) is 0 Å². The zero-order valence-electron chi connectivity index (χ0n) is 9.92. The molecule has 0 aliphatic carbocycles. The number of hydrogen-bond donors (Lipinski definition) is 0. The van der Waals surface area contributed by atoms with Crippen LogP contribution in [-0.4, -0.2) is 8.07 Å². The van der Waals surface area contributed by atoms with E-state index in [1.807, 2.05) is 6.08 Å². The Balaban J connectivity index is 3.44. The predicted octanol–water partition coefficient (Wildman–Crippen LogP) is 4.72. The summed E-state index contributed by atoms with van der Waals surface area (Å²) >= 11 is 0. The summed E-state index contributed by atoms with van der Waals surface area (Å²) in [6.07, 6.45) is 13.5. The van der Waals surface area contributed by atoms with E-state index >= 15 is 0 Å². The molecule has 0 atom stereocenters. The molecule has 0 unspecified atom stereocenters. The molecular formula is C13H24Si. The summed E-state index contributed by atoms with van der Waals surface area (Å²) in [5.41, 5.74) is 2.40. The first-order valence-corrected chi connectivity index (χ1v) is 9.07. The minimum atomic E-state index is -0.966. The summed E-state index contributed by atoms with van der Waals surface area (Å²) in [6, 6.07) is 0. The monoisotopic (exact) mass is 208 g/mol. The smallest absolute Gasteiger partial charge is 0.0683 e. The Bertz CT molecular complexity index is 194. The predicted molar refractivity (Wildman–Crippen MR) is 70.3 cm³/mol. The molecule has 0 radical (unpaired) electrons. The molecule has 1 heteroatoms. The Morgan fingerprint density at radius 1 is 1.00 bits per heavy atom. The highest BCUT2D eigenvalue weighted by Gasteiger charge is 2.05. The highest BCUT2D eigenvalue weighted by Crippen LogP contribution is 2.03. The van der Waals surface area contributed by atoms with Crippen LogP contribution in [0.5, 0.6) is 0 Å². The van der Waals surface area contributed by atoms with Crippen molar-refractivity contribution >= 4 is 8.07 Å². The largest absolute Gasteiger partial charge is 0.103 e. The summed E-state index contributed by atoms with van der Waals surface area (Å²) in [5.74, 6) is 0. The SMILES string of the molecule is C=CCCCC=CCC=C[Si](C)(C)C. The lowest BCUT2D eigenvalue weighted by Crippen LogP contribution is -2.15. The van der Waals surface area contributed by atoms with Crippen molar-refractivity contribution in [1.82, 2.24) is 0 Å². The van der Waals surface area contributed by atoms with Crippen molar-refractivity contribution < 1.29 is 0 Å². The van der Waals surface area contributed by atoms with Gasteiger partial charge in [0.25, 0.3) is 0 Å². The number of allylic oxidation sites excluding steroid dienone is 4. The molecule has 14 heavy (non-hydrogen) atoms. The summed E-state index contributed by atoms with van der Waals surface area (Å²) in [7, 11) is -0.966. The van der Waals surface area contributed by atoms with Crippen LogP contribution >= 0.6 is 0 Å². The Kier molecular flexibility index (Phi) is 7.49. The number of hydrogen-bond acceptors (Lipinski definition) is 0. The van der Waals surface area contributed by atoms with Gasteiger partial charge < -0.3 is 0 Å². The Hall–Kier alpha value is -0.563. The van der Waals surface area contributed by atoms with E-state index in [1.54, 1.807) is 0 Å². The molecule has 0 aromatic heterocycles. The van der Waals surface area contributed by atoms with Gasteiger partial charge in [-0.2, -0.15) is 0 Å². The normalized spacial score (nSPS) is 12.8. The standard InChI is InChI=1S/C13H24Si/c1-5-6-7-8-9-10-11-12-13-14(2,3)4/h5,9-10,12-13H,1,6-8,11H2,2-4H3. The van der Waals surface area contributed by atoms with Crippen molar-refractivity contribution in [3.8, 4) is 0 Å². The van der Waals surface area contributed by atoms with E-state index < -0.39 is 8.07 Å². The minimum Gasteiger partial charge on any atom is -0.103 e. The van der Waals surface area contributed by atoms with Crippen LogP contribution in [0.4, 0.5) is 0 Å². The first-order valence-electron chi connectivity index (χ1n) is 5.50. The molecule has 0 N–H and O–H groups in total. The highest BCUT2D eigenvalue weighted by atomic mass is 28.3. The molecule has 0 saturated heterocycles. The maximum Gasteiger partial charge on any atom is 0.0683 e. The fraction of sp³-hybridized carbons (Fsp3) is 0.538. The zero-order valence-corrected chi connectivity index (χ0v) is 10.9. The van der Waals surface area contributed by atoms with Crippen LogP contribution in [0.15, 0.2) is 36.6 Å². The molecule has 0 heterocycles. The average molecular weight is 208 g/mol. The molecule has 0 aromatic carbocycles. The van der Waals surface area contributed by atoms with E-state index in [2.05, 4.69) is 50.1 Å². The molecule has 0 rings (SSSR count). The maximum atomic E-state index is 3.70. The molecule has 0 aliphatic heterocycles.